The van der Waals surface area contributed by atoms with E-state index in [1.807, 2.05) is 6.07 Å². The smallest absolute Gasteiger partial charge is 0.123 e. The highest BCUT2D eigenvalue weighted by Gasteiger charge is 2.20. The van der Waals surface area contributed by atoms with Crippen molar-refractivity contribution in [2.24, 2.45) is 0 Å². The molecule has 0 spiro atoms. The number of fused-ring (bicyclic) bond motifs is 1. The van der Waals surface area contributed by atoms with Crippen molar-refractivity contribution in [3.05, 3.63) is 22.8 Å². The van der Waals surface area contributed by atoms with Gasteiger partial charge < -0.3 is 14.7 Å². The number of hydrogen-bond donors (Lipinski definition) is 2. The molecule has 0 aromatic heterocycles. The van der Waals surface area contributed by atoms with Crippen LogP contribution in [0.2, 0.25) is 0 Å². The van der Waals surface area contributed by atoms with Crippen molar-refractivity contribution in [1.29, 1.82) is 0 Å². The van der Waals surface area contributed by atoms with Crippen LogP contribution in [-0.2, 0) is 24.2 Å². The Balaban J connectivity index is 2.41. The van der Waals surface area contributed by atoms with E-state index < -0.39 is 0 Å². The van der Waals surface area contributed by atoms with Gasteiger partial charge in [-0.25, -0.2) is 0 Å². The van der Waals surface area contributed by atoms with Crippen LogP contribution < -0.4 is 10.2 Å². The van der Waals surface area contributed by atoms with Gasteiger partial charge in [0.15, 0.2) is 0 Å². The summed E-state index contributed by atoms with van der Waals surface area (Å²) in [6.07, 6.45) is 4.21. The molecule has 1 aliphatic carbocycles. The molecule has 0 saturated carbocycles. The summed E-state index contributed by atoms with van der Waals surface area (Å²) in [5.74, 6) is 1.27. The second kappa shape index (κ2) is 5.38. The van der Waals surface area contributed by atoms with Gasteiger partial charge in [-0.1, -0.05) is 0 Å². The Bertz CT molecular complexity index is 404. The molecule has 17 heavy (non-hydrogen) atoms. The van der Waals surface area contributed by atoms with Gasteiger partial charge in [-0.3, -0.25) is 0 Å². The molecule has 0 unspecified atom stereocenters. The maximum absolute atomic E-state index is 10.2. The molecule has 0 radical (unpaired) electrons. The summed E-state index contributed by atoms with van der Waals surface area (Å²) in [5.41, 5.74) is 5.78. The van der Waals surface area contributed by atoms with E-state index in [2.05, 4.69) is 5.48 Å². The van der Waals surface area contributed by atoms with Gasteiger partial charge in [-0.05, 0) is 31.7 Å². The average Bonchev–Trinajstić information content (AvgIpc) is 2.38. The zero-order valence-corrected chi connectivity index (χ0v) is 10.4. The van der Waals surface area contributed by atoms with Crippen LogP contribution in [0.3, 0.4) is 0 Å². The molecule has 2 rings (SSSR count). The van der Waals surface area contributed by atoms with Crippen LogP contribution in [0.15, 0.2) is 6.07 Å². The second-order valence-corrected chi connectivity index (χ2v) is 4.28. The summed E-state index contributed by atoms with van der Waals surface area (Å²) >= 11 is 0. The number of nitrogens with one attached hydrogen (secondary N) is 1. The second-order valence-electron chi connectivity index (χ2n) is 4.28. The number of hydrogen-bond acceptors (Lipinski definition) is 4. The third-order valence-electron chi connectivity index (χ3n) is 3.29. The predicted molar refractivity (Wildman–Crippen MR) is 65.1 cm³/mol. The van der Waals surface area contributed by atoms with E-state index in [4.69, 9.17) is 9.57 Å². The molecule has 4 nitrogen and oxygen atoms in total. The number of ether oxygens (including phenoxy) is 1. The molecule has 0 bridgehead atoms. The van der Waals surface area contributed by atoms with Gasteiger partial charge in [0, 0.05) is 23.2 Å². The van der Waals surface area contributed by atoms with Crippen LogP contribution in [0.4, 0.5) is 0 Å². The molecular formula is C13H19NO3. The van der Waals surface area contributed by atoms with Crippen LogP contribution >= 0.6 is 0 Å². The molecule has 0 heterocycles. The van der Waals surface area contributed by atoms with E-state index in [1.54, 1.807) is 14.2 Å². The first-order chi connectivity index (χ1) is 8.27. The predicted octanol–water partition coefficient (Wildman–Crippen LogP) is 1.93. The number of rotatable bonds is 4. The maximum Gasteiger partial charge on any atom is 0.123 e. The van der Waals surface area contributed by atoms with Crippen LogP contribution in [0.25, 0.3) is 0 Å². The maximum atomic E-state index is 10.2. The average molecular weight is 237 g/mol. The Labute approximate surface area is 102 Å². The van der Waals surface area contributed by atoms with E-state index in [0.717, 1.165) is 41.7 Å². The van der Waals surface area contributed by atoms with Gasteiger partial charge in [-0.2, -0.15) is 5.48 Å². The lowest BCUT2D eigenvalue weighted by atomic mass is 9.88. The molecule has 1 aliphatic rings. The number of phenols is 1. The molecule has 0 atom stereocenters. The van der Waals surface area contributed by atoms with Crippen LogP contribution in [0, 0.1) is 0 Å². The fourth-order valence-corrected chi connectivity index (χ4v) is 2.41. The first kappa shape index (κ1) is 12.2. The fourth-order valence-electron chi connectivity index (χ4n) is 2.41. The lowest BCUT2D eigenvalue weighted by Gasteiger charge is -2.22. The Kier molecular flexibility index (Phi) is 3.86. The lowest BCUT2D eigenvalue weighted by Crippen LogP contribution is -2.13. The molecule has 94 valence electrons. The zero-order chi connectivity index (χ0) is 12.3. The first-order valence-corrected chi connectivity index (χ1v) is 5.94. The number of methoxy groups -OCH3 is 1. The Morgan fingerprint density at radius 3 is 2.59 bits per heavy atom. The van der Waals surface area contributed by atoms with Gasteiger partial charge in [0.25, 0.3) is 0 Å². The van der Waals surface area contributed by atoms with Crippen molar-refractivity contribution in [3.63, 3.8) is 0 Å². The standard InChI is InChI=1S/C13H19NO3/c1-16-12-7-9(8-14-17-2)13(15)11-6-4-3-5-10(11)12/h7,14-15H,3-6,8H2,1-2H3. The third-order valence-corrected chi connectivity index (χ3v) is 3.29. The summed E-state index contributed by atoms with van der Waals surface area (Å²) < 4.78 is 5.41. The first-order valence-electron chi connectivity index (χ1n) is 5.94. The molecule has 0 fully saturated rings. The Morgan fingerprint density at radius 2 is 1.94 bits per heavy atom. The molecule has 2 N–H and O–H groups in total. The minimum absolute atomic E-state index is 0.394. The van der Waals surface area contributed by atoms with Crippen molar-refractivity contribution >= 4 is 0 Å². The van der Waals surface area contributed by atoms with Gasteiger partial charge in [0.1, 0.15) is 11.5 Å². The SMILES string of the molecule is CONCc1cc(OC)c2c(c1O)CCCC2. The quantitative estimate of drug-likeness (QED) is 0.786. The summed E-state index contributed by atoms with van der Waals surface area (Å²) in [7, 11) is 3.24. The molecule has 0 amide bonds. The fraction of sp³-hybridized carbons (Fsp3) is 0.538. The minimum Gasteiger partial charge on any atom is -0.507 e. The van der Waals surface area contributed by atoms with E-state index in [0.29, 0.717) is 12.3 Å². The molecule has 4 heteroatoms. The van der Waals surface area contributed by atoms with Crippen LogP contribution in [0.5, 0.6) is 11.5 Å². The summed E-state index contributed by atoms with van der Waals surface area (Å²) in [4.78, 5) is 4.82. The molecule has 0 saturated heterocycles. The summed E-state index contributed by atoms with van der Waals surface area (Å²) in [6.45, 7) is 0.478. The van der Waals surface area contributed by atoms with Crippen molar-refractivity contribution in [1.82, 2.24) is 5.48 Å². The van der Waals surface area contributed by atoms with E-state index in [9.17, 15) is 5.11 Å². The van der Waals surface area contributed by atoms with Crippen LogP contribution in [0.1, 0.15) is 29.5 Å². The van der Waals surface area contributed by atoms with E-state index in [-0.39, 0.29) is 0 Å². The molecule has 0 aliphatic heterocycles. The highest BCUT2D eigenvalue weighted by atomic mass is 16.6. The van der Waals surface area contributed by atoms with Gasteiger partial charge in [0.2, 0.25) is 0 Å². The topological polar surface area (TPSA) is 50.7 Å². The molecule has 1 aromatic carbocycles. The normalized spacial score (nSPS) is 14.5. The van der Waals surface area contributed by atoms with Crippen molar-refractivity contribution in [2.45, 2.75) is 32.2 Å². The lowest BCUT2D eigenvalue weighted by molar-refractivity contribution is 0.0860. The Morgan fingerprint density at radius 1 is 1.24 bits per heavy atom. The van der Waals surface area contributed by atoms with Crippen LogP contribution in [-0.4, -0.2) is 19.3 Å². The van der Waals surface area contributed by atoms with Gasteiger partial charge in [0.05, 0.1) is 14.2 Å². The zero-order valence-electron chi connectivity index (χ0n) is 10.4. The van der Waals surface area contributed by atoms with E-state index in [1.165, 1.54) is 6.42 Å². The van der Waals surface area contributed by atoms with Crippen molar-refractivity contribution in [3.8, 4) is 11.5 Å². The Hall–Kier alpha value is -1.26. The number of aromatic hydroxyl groups is 1. The summed E-state index contributed by atoms with van der Waals surface area (Å²) in [5, 5.41) is 10.2. The third kappa shape index (κ3) is 2.37. The largest absolute Gasteiger partial charge is 0.507 e. The van der Waals surface area contributed by atoms with E-state index >= 15 is 0 Å². The highest BCUT2D eigenvalue weighted by Crippen LogP contribution is 2.38. The number of benzene rings is 1. The van der Waals surface area contributed by atoms with Crippen molar-refractivity contribution in [2.75, 3.05) is 14.2 Å². The highest BCUT2D eigenvalue weighted by molar-refractivity contribution is 5.54. The number of phenolic OH excluding ortho intramolecular Hbond substituents is 1. The molecule has 1 aromatic rings. The van der Waals surface area contributed by atoms with Crippen molar-refractivity contribution < 1.29 is 14.7 Å². The van der Waals surface area contributed by atoms with Gasteiger partial charge >= 0.3 is 0 Å². The minimum atomic E-state index is 0.394. The molecular weight excluding hydrogens is 218 g/mol. The monoisotopic (exact) mass is 237 g/mol. The van der Waals surface area contributed by atoms with Gasteiger partial charge in [-0.15, -0.1) is 0 Å². The summed E-state index contributed by atoms with van der Waals surface area (Å²) in [6, 6.07) is 1.89. The number of hydroxylamine groups is 1.